The molecule has 2 fully saturated rings. The lowest BCUT2D eigenvalue weighted by molar-refractivity contribution is -0.134. The van der Waals surface area contributed by atoms with Crippen LogP contribution < -0.4 is 5.32 Å². The summed E-state index contributed by atoms with van der Waals surface area (Å²) < 4.78 is 0. The average molecular weight is 267 g/mol. The Bertz CT molecular complexity index is 277. The van der Waals surface area contributed by atoms with Crippen LogP contribution in [-0.4, -0.2) is 61.5 Å². The molecule has 0 spiro atoms. The molecule has 1 N–H and O–H groups in total. The van der Waals surface area contributed by atoms with Crippen LogP contribution in [0.1, 0.15) is 33.1 Å². The first kappa shape index (κ1) is 14.8. The fourth-order valence-electron chi connectivity index (χ4n) is 3.17. The number of hydrogen-bond acceptors (Lipinski definition) is 3. The van der Waals surface area contributed by atoms with Gasteiger partial charge < -0.3 is 10.2 Å². The van der Waals surface area contributed by atoms with Gasteiger partial charge in [-0.15, -0.1) is 0 Å². The molecule has 0 unspecified atom stereocenters. The lowest BCUT2D eigenvalue weighted by Gasteiger charge is -2.35. The highest BCUT2D eigenvalue weighted by Gasteiger charge is 2.25. The van der Waals surface area contributed by atoms with Crippen molar-refractivity contribution in [2.45, 2.75) is 33.1 Å². The Morgan fingerprint density at radius 1 is 1.16 bits per heavy atom. The highest BCUT2D eigenvalue weighted by molar-refractivity contribution is 5.78. The predicted octanol–water partition coefficient (Wildman–Crippen LogP) is 1.18. The molecule has 0 radical (unpaired) electrons. The molecule has 2 heterocycles. The van der Waals surface area contributed by atoms with Gasteiger partial charge in [0.15, 0.2) is 0 Å². The van der Waals surface area contributed by atoms with Gasteiger partial charge in [0.1, 0.15) is 0 Å². The van der Waals surface area contributed by atoms with E-state index in [1.165, 1.54) is 12.8 Å². The van der Waals surface area contributed by atoms with Gasteiger partial charge >= 0.3 is 0 Å². The van der Waals surface area contributed by atoms with Crippen molar-refractivity contribution in [1.29, 1.82) is 0 Å². The van der Waals surface area contributed by atoms with E-state index in [0.29, 0.717) is 12.5 Å². The summed E-state index contributed by atoms with van der Waals surface area (Å²) in [7, 11) is 0. The van der Waals surface area contributed by atoms with Gasteiger partial charge in [-0.1, -0.05) is 13.8 Å². The Kier molecular flexibility index (Phi) is 5.64. The number of carbonyl (C=O) groups excluding carboxylic acids is 1. The zero-order chi connectivity index (χ0) is 13.7. The van der Waals surface area contributed by atoms with Crippen LogP contribution in [0.5, 0.6) is 0 Å². The molecule has 0 bridgehead atoms. The number of hydrogen-bond donors (Lipinski definition) is 1. The van der Waals surface area contributed by atoms with Crippen molar-refractivity contribution in [3.63, 3.8) is 0 Å². The second kappa shape index (κ2) is 7.25. The van der Waals surface area contributed by atoms with E-state index in [0.717, 1.165) is 57.5 Å². The fraction of sp³-hybridized carbons (Fsp3) is 0.933. The molecular weight excluding hydrogens is 238 g/mol. The Morgan fingerprint density at radius 3 is 2.58 bits per heavy atom. The van der Waals surface area contributed by atoms with Gasteiger partial charge in [0.05, 0.1) is 6.54 Å². The van der Waals surface area contributed by atoms with Crippen molar-refractivity contribution in [2.24, 2.45) is 11.8 Å². The minimum atomic E-state index is 0.337. The first-order valence-electron chi connectivity index (χ1n) is 7.87. The van der Waals surface area contributed by atoms with Crippen LogP contribution in [0.25, 0.3) is 0 Å². The van der Waals surface area contributed by atoms with Gasteiger partial charge in [0.2, 0.25) is 5.91 Å². The van der Waals surface area contributed by atoms with Crippen LogP contribution in [-0.2, 0) is 4.79 Å². The SMILES string of the molecule is CC(C)C1CCN(C(=O)CN2CCCNCC2)CC1. The van der Waals surface area contributed by atoms with Crippen LogP contribution in [0.4, 0.5) is 0 Å². The van der Waals surface area contributed by atoms with Crippen molar-refractivity contribution in [1.82, 2.24) is 15.1 Å². The molecule has 2 saturated heterocycles. The minimum Gasteiger partial charge on any atom is -0.342 e. The Labute approximate surface area is 117 Å². The van der Waals surface area contributed by atoms with E-state index in [-0.39, 0.29) is 0 Å². The lowest BCUT2D eigenvalue weighted by atomic mass is 9.87. The quantitative estimate of drug-likeness (QED) is 0.834. The highest BCUT2D eigenvalue weighted by Crippen LogP contribution is 2.24. The molecule has 4 nitrogen and oxygen atoms in total. The average Bonchev–Trinajstić information content (AvgIpc) is 2.67. The van der Waals surface area contributed by atoms with Gasteiger partial charge in [-0.3, -0.25) is 9.69 Å². The molecule has 0 aromatic rings. The van der Waals surface area contributed by atoms with E-state index in [4.69, 9.17) is 0 Å². The summed E-state index contributed by atoms with van der Waals surface area (Å²) in [6, 6.07) is 0. The Hall–Kier alpha value is -0.610. The molecule has 2 rings (SSSR count). The third-order valence-corrected chi connectivity index (χ3v) is 4.63. The number of piperidine rings is 1. The Balaban J connectivity index is 1.74. The number of carbonyl (C=O) groups is 1. The number of amides is 1. The molecule has 2 aliphatic heterocycles. The zero-order valence-electron chi connectivity index (χ0n) is 12.5. The van der Waals surface area contributed by atoms with Crippen molar-refractivity contribution < 1.29 is 4.79 Å². The van der Waals surface area contributed by atoms with Gasteiger partial charge in [0, 0.05) is 26.2 Å². The van der Waals surface area contributed by atoms with E-state index in [2.05, 4.69) is 29.0 Å². The van der Waals surface area contributed by atoms with Crippen molar-refractivity contribution in [3.8, 4) is 0 Å². The van der Waals surface area contributed by atoms with E-state index < -0.39 is 0 Å². The summed E-state index contributed by atoms with van der Waals surface area (Å²) in [6.07, 6.45) is 3.53. The third-order valence-electron chi connectivity index (χ3n) is 4.63. The van der Waals surface area contributed by atoms with Crippen LogP contribution in [0.3, 0.4) is 0 Å². The van der Waals surface area contributed by atoms with Gasteiger partial charge in [-0.25, -0.2) is 0 Å². The highest BCUT2D eigenvalue weighted by atomic mass is 16.2. The number of rotatable bonds is 3. The summed E-state index contributed by atoms with van der Waals surface area (Å²) in [6.45, 7) is 11.3. The molecule has 1 amide bonds. The molecule has 2 aliphatic rings. The molecule has 0 aliphatic carbocycles. The maximum atomic E-state index is 12.3. The van der Waals surface area contributed by atoms with Crippen LogP contribution in [0, 0.1) is 11.8 Å². The summed E-state index contributed by atoms with van der Waals surface area (Å²) in [4.78, 5) is 16.7. The second-order valence-electron chi connectivity index (χ2n) is 6.34. The van der Waals surface area contributed by atoms with Gasteiger partial charge in [0.25, 0.3) is 0 Å². The van der Waals surface area contributed by atoms with E-state index in [1.807, 2.05) is 0 Å². The third kappa shape index (κ3) is 4.46. The standard InChI is InChI=1S/C15H29N3O/c1-13(2)14-4-9-18(10-5-14)15(19)12-17-8-3-6-16-7-11-17/h13-14,16H,3-12H2,1-2H3. The molecule has 19 heavy (non-hydrogen) atoms. The number of nitrogens with one attached hydrogen (secondary N) is 1. The molecule has 0 aromatic heterocycles. The van der Waals surface area contributed by atoms with Gasteiger partial charge in [-0.05, 0) is 44.2 Å². The maximum Gasteiger partial charge on any atom is 0.236 e. The first-order valence-corrected chi connectivity index (χ1v) is 7.87. The van der Waals surface area contributed by atoms with Crippen molar-refractivity contribution in [3.05, 3.63) is 0 Å². The smallest absolute Gasteiger partial charge is 0.236 e. The molecule has 0 atom stereocenters. The molecule has 110 valence electrons. The van der Waals surface area contributed by atoms with Crippen LogP contribution >= 0.6 is 0 Å². The predicted molar refractivity (Wildman–Crippen MR) is 78.1 cm³/mol. The maximum absolute atomic E-state index is 12.3. The zero-order valence-corrected chi connectivity index (χ0v) is 12.5. The topological polar surface area (TPSA) is 35.6 Å². The van der Waals surface area contributed by atoms with Crippen LogP contribution in [0.2, 0.25) is 0 Å². The van der Waals surface area contributed by atoms with Crippen LogP contribution in [0.15, 0.2) is 0 Å². The van der Waals surface area contributed by atoms with Crippen molar-refractivity contribution in [2.75, 3.05) is 45.8 Å². The molecule has 0 saturated carbocycles. The monoisotopic (exact) mass is 267 g/mol. The normalized spacial score (nSPS) is 23.6. The van der Waals surface area contributed by atoms with Gasteiger partial charge in [-0.2, -0.15) is 0 Å². The molecule has 0 aromatic carbocycles. The molecule has 4 heteroatoms. The lowest BCUT2D eigenvalue weighted by Crippen LogP contribution is -2.45. The first-order chi connectivity index (χ1) is 9.16. The summed E-state index contributed by atoms with van der Waals surface area (Å²) >= 11 is 0. The fourth-order valence-corrected chi connectivity index (χ4v) is 3.17. The molecular formula is C15H29N3O. The van der Waals surface area contributed by atoms with E-state index in [9.17, 15) is 4.79 Å². The van der Waals surface area contributed by atoms with E-state index >= 15 is 0 Å². The number of nitrogens with zero attached hydrogens (tertiary/aromatic N) is 2. The number of likely N-dealkylation sites (tertiary alicyclic amines) is 1. The van der Waals surface area contributed by atoms with E-state index in [1.54, 1.807) is 0 Å². The van der Waals surface area contributed by atoms with Crippen molar-refractivity contribution >= 4 is 5.91 Å². The minimum absolute atomic E-state index is 0.337. The Morgan fingerprint density at radius 2 is 1.89 bits per heavy atom. The summed E-state index contributed by atoms with van der Waals surface area (Å²) in [5, 5.41) is 3.38. The summed E-state index contributed by atoms with van der Waals surface area (Å²) in [5.41, 5.74) is 0. The second-order valence-corrected chi connectivity index (χ2v) is 6.34. The summed E-state index contributed by atoms with van der Waals surface area (Å²) in [5.74, 6) is 1.91. The largest absolute Gasteiger partial charge is 0.342 e.